The molecule has 0 amide bonds. The average molecular weight is 163 g/mol. The second-order valence-corrected chi connectivity index (χ2v) is 2.69. The van der Waals surface area contributed by atoms with Crippen LogP contribution in [0.1, 0.15) is 29.3 Å². The minimum absolute atomic E-state index is 0.319. The summed E-state index contributed by atoms with van der Waals surface area (Å²) in [4.78, 5) is 10.6. The molecule has 12 heavy (non-hydrogen) atoms. The topological polar surface area (TPSA) is 37.0 Å². The largest absolute Gasteiger partial charge is 0.386 e. The van der Waals surface area contributed by atoms with Crippen LogP contribution in [0, 0.1) is 0 Å². The van der Waals surface area contributed by atoms with Crippen LogP contribution in [0.4, 0.5) is 0 Å². The Hall–Kier alpha value is -1.31. The molecular weight excluding hydrogens is 152 g/mol. The predicted octanol–water partition coefficient (Wildman–Crippen LogP) is 2.21. The molecule has 1 rings (SSSR count). The molecule has 2 heteroatoms. The summed E-state index contributed by atoms with van der Waals surface area (Å²) in [5, 5.41) is 10.6. The number of benzene rings is 1. The lowest BCUT2D eigenvalue weighted by atomic mass is 10.0. The van der Waals surface area contributed by atoms with E-state index in [1.54, 1.807) is 12.1 Å². The molecule has 2 nitrogen and oxygen atoms in total. The number of aryl methyl sites for hydroxylation is 1. The van der Waals surface area contributed by atoms with Crippen molar-refractivity contribution in [2.75, 3.05) is 0 Å². The highest BCUT2D eigenvalue weighted by atomic mass is 16.4. The lowest BCUT2D eigenvalue weighted by Gasteiger charge is -2.01. The first-order valence-corrected chi connectivity index (χ1v) is 4.05. The van der Waals surface area contributed by atoms with E-state index < -0.39 is 5.97 Å². The van der Waals surface area contributed by atoms with Gasteiger partial charge in [0.15, 0.2) is 0 Å². The van der Waals surface area contributed by atoms with Crippen molar-refractivity contribution in [1.82, 2.24) is 0 Å². The van der Waals surface area contributed by atoms with E-state index in [0.717, 1.165) is 18.4 Å². The third-order valence-corrected chi connectivity index (χ3v) is 1.76. The van der Waals surface area contributed by atoms with Gasteiger partial charge in [-0.15, -0.1) is 0 Å². The van der Waals surface area contributed by atoms with E-state index in [-0.39, 0.29) is 0 Å². The summed E-state index contributed by atoms with van der Waals surface area (Å²) in [6.45, 7) is 2.02. The Labute approximate surface area is 71.8 Å². The Morgan fingerprint density at radius 2 is 2.00 bits per heavy atom. The van der Waals surface area contributed by atoms with Crippen LogP contribution in [-0.4, -0.2) is 5.97 Å². The van der Waals surface area contributed by atoms with Crippen molar-refractivity contribution in [3.8, 4) is 0 Å². The molecule has 0 saturated heterocycles. The van der Waals surface area contributed by atoms with Gasteiger partial charge in [-0.2, -0.15) is 0 Å². The molecular formula is C10H11O2. The Morgan fingerprint density at radius 3 is 2.58 bits per heavy atom. The van der Waals surface area contributed by atoms with Gasteiger partial charge in [0, 0.05) is 0 Å². The van der Waals surface area contributed by atoms with E-state index in [9.17, 15) is 9.90 Å². The highest BCUT2D eigenvalue weighted by molar-refractivity contribution is 5.88. The maximum atomic E-state index is 10.6. The summed E-state index contributed by atoms with van der Waals surface area (Å²) in [5.41, 5.74) is 1.18. The van der Waals surface area contributed by atoms with Crippen molar-refractivity contribution in [2.24, 2.45) is 0 Å². The summed E-state index contributed by atoms with van der Waals surface area (Å²) in [6.07, 6.45) is 1.74. The molecule has 0 bridgehead atoms. The van der Waals surface area contributed by atoms with E-state index in [2.05, 4.69) is 0 Å². The number of hydrogen-bond acceptors (Lipinski definition) is 1. The molecule has 1 aromatic carbocycles. The smallest absolute Gasteiger partial charge is 0.241 e. The number of hydrogen-bond donors (Lipinski definition) is 0. The van der Waals surface area contributed by atoms with Crippen molar-refractivity contribution in [3.05, 3.63) is 35.4 Å². The standard InChI is InChI=1S/C10H11O2/c1-2-5-8-6-3-4-7-9(8)10(11)12/h3-4,6-7H,2,5H2,1H3. The maximum absolute atomic E-state index is 10.6. The van der Waals surface area contributed by atoms with Crippen LogP contribution in [0.25, 0.3) is 0 Å². The minimum atomic E-state index is -1.08. The molecule has 0 aliphatic rings. The summed E-state index contributed by atoms with van der Waals surface area (Å²) in [5.74, 6) is -1.08. The second-order valence-electron chi connectivity index (χ2n) is 2.69. The van der Waals surface area contributed by atoms with Gasteiger partial charge in [-0.25, -0.2) is 9.90 Å². The monoisotopic (exact) mass is 163 g/mol. The van der Waals surface area contributed by atoms with Crippen LogP contribution in [-0.2, 0) is 11.5 Å². The van der Waals surface area contributed by atoms with Crippen molar-refractivity contribution >= 4 is 5.97 Å². The first kappa shape index (κ1) is 8.78. The normalized spacial score (nSPS) is 9.75. The molecule has 0 spiro atoms. The predicted molar refractivity (Wildman–Crippen MR) is 45.5 cm³/mol. The zero-order valence-electron chi connectivity index (χ0n) is 7.04. The molecule has 63 valence electrons. The zero-order chi connectivity index (χ0) is 8.97. The molecule has 1 aromatic rings. The van der Waals surface area contributed by atoms with Gasteiger partial charge >= 0.3 is 5.97 Å². The minimum Gasteiger partial charge on any atom is -0.241 e. The second kappa shape index (κ2) is 3.90. The Morgan fingerprint density at radius 1 is 1.33 bits per heavy atom. The fourth-order valence-electron chi connectivity index (χ4n) is 1.21. The SMILES string of the molecule is CCCc1ccccc1C([O])=O. The fourth-order valence-corrected chi connectivity index (χ4v) is 1.21. The van der Waals surface area contributed by atoms with Crippen LogP contribution in [0.15, 0.2) is 24.3 Å². The molecule has 0 aliphatic carbocycles. The van der Waals surface area contributed by atoms with Gasteiger partial charge in [0.1, 0.15) is 0 Å². The molecule has 0 aromatic heterocycles. The van der Waals surface area contributed by atoms with Gasteiger partial charge in [-0.3, -0.25) is 0 Å². The van der Waals surface area contributed by atoms with E-state index in [4.69, 9.17) is 0 Å². The lowest BCUT2D eigenvalue weighted by molar-refractivity contribution is 0.0572. The van der Waals surface area contributed by atoms with Crippen molar-refractivity contribution < 1.29 is 9.90 Å². The first-order chi connectivity index (χ1) is 5.75. The van der Waals surface area contributed by atoms with Crippen molar-refractivity contribution in [3.63, 3.8) is 0 Å². The van der Waals surface area contributed by atoms with E-state index in [1.807, 2.05) is 19.1 Å². The van der Waals surface area contributed by atoms with Gasteiger partial charge in [0.2, 0.25) is 0 Å². The van der Waals surface area contributed by atoms with E-state index in [1.165, 1.54) is 0 Å². The molecule has 0 saturated carbocycles. The van der Waals surface area contributed by atoms with Gasteiger partial charge in [0.05, 0.1) is 5.56 Å². The highest BCUT2D eigenvalue weighted by Crippen LogP contribution is 2.10. The van der Waals surface area contributed by atoms with Gasteiger partial charge in [-0.05, 0) is 18.1 Å². The molecule has 0 unspecified atom stereocenters. The Balaban J connectivity index is 3.00. The van der Waals surface area contributed by atoms with Crippen LogP contribution in [0.2, 0.25) is 0 Å². The number of carbonyl (C=O) groups excluding carboxylic acids is 1. The van der Waals surface area contributed by atoms with Crippen LogP contribution in [0.5, 0.6) is 0 Å². The number of carbonyl (C=O) groups is 1. The third-order valence-electron chi connectivity index (χ3n) is 1.76. The van der Waals surface area contributed by atoms with Crippen LogP contribution < -0.4 is 0 Å². The highest BCUT2D eigenvalue weighted by Gasteiger charge is 2.08. The van der Waals surface area contributed by atoms with Gasteiger partial charge in [-0.1, -0.05) is 31.5 Å². The van der Waals surface area contributed by atoms with Crippen molar-refractivity contribution in [2.45, 2.75) is 19.8 Å². The zero-order valence-corrected chi connectivity index (χ0v) is 7.04. The average Bonchev–Trinajstić information content (AvgIpc) is 2.05. The summed E-state index contributed by atoms with van der Waals surface area (Å²) in [7, 11) is 0. The maximum Gasteiger partial charge on any atom is 0.386 e. The summed E-state index contributed by atoms with van der Waals surface area (Å²) in [6, 6.07) is 6.97. The van der Waals surface area contributed by atoms with Crippen LogP contribution >= 0.6 is 0 Å². The van der Waals surface area contributed by atoms with Gasteiger partial charge < -0.3 is 0 Å². The summed E-state index contributed by atoms with van der Waals surface area (Å²) < 4.78 is 0. The first-order valence-electron chi connectivity index (χ1n) is 4.05. The lowest BCUT2D eigenvalue weighted by Crippen LogP contribution is -1.99. The molecule has 0 atom stereocenters. The van der Waals surface area contributed by atoms with E-state index >= 15 is 0 Å². The Kier molecular flexibility index (Phi) is 2.86. The van der Waals surface area contributed by atoms with Gasteiger partial charge in [0.25, 0.3) is 0 Å². The third kappa shape index (κ3) is 1.84. The molecule has 0 fully saturated rings. The quantitative estimate of drug-likeness (QED) is 0.673. The Bertz CT molecular complexity index is 279. The van der Waals surface area contributed by atoms with Crippen LogP contribution in [0.3, 0.4) is 0 Å². The molecule has 0 N–H and O–H groups in total. The molecule has 1 radical (unpaired) electrons. The molecule has 0 aliphatic heterocycles. The fraction of sp³-hybridized carbons (Fsp3) is 0.300. The number of rotatable bonds is 3. The molecule has 0 heterocycles. The van der Waals surface area contributed by atoms with Crippen molar-refractivity contribution in [1.29, 1.82) is 0 Å². The van der Waals surface area contributed by atoms with E-state index in [0.29, 0.717) is 5.56 Å². The summed E-state index contributed by atoms with van der Waals surface area (Å²) >= 11 is 0.